The topological polar surface area (TPSA) is 87.5 Å². The van der Waals surface area contributed by atoms with Crippen LogP contribution in [-0.2, 0) is 4.79 Å². The zero-order valence-electron chi connectivity index (χ0n) is 12.1. The zero-order valence-corrected chi connectivity index (χ0v) is 12.1. The number of carbonyl (C=O) groups is 2. The highest BCUT2D eigenvalue weighted by Crippen LogP contribution is 2.19. The minimum Gasteiger partial charge on any atom is -0.399 e. The number of hydrogen-bond acceptors (Lipinski definition) is 4. The SMILES string of the molecule is CCNC(=O)NC(=O)C(C)N(CC)c1cccc(N)c1. The summed E-state index contributed by atoms with van der Waals surface area (Å²) >= 11 is 0. The van der Waals surface area contributed by atoms with Crippen molar-refractivity contribution in [3.8, 4) is 0 Å². The van der Waals surface area contributed by atoms with E-state index in [-0.39, 0.29) is 5.91 Å². The number of urea groups is 1. The van der Waals surface area contributed by atoms with Crippen molar-refractivity contribution in [2.24, 2.45) is 0 Å². The number of nitrogens with one attached hydrogen (secondary N) is 2. The standard InChI is InChI=1S/C14H22N4O2/c1-4-16-14(20)17-13(19)10(3)18(5-2)12-8-6-7-11(15)9-12/h6-10H,4-5,15H2,1-3H3,(H2,16,17,19,20). The van der Waals surface area contributed by atoms with Crippen LogP contribution in [0.25, 0.3) is 0 Å². The van der Waals surface area contributed by atoms with E-state index in [0.717, 1.165) is 5.69 Å². The molecule has 0 spiro atoms. The number of hydrogen-bond donors (Lipinski definition) is 3. The van der Waals surface area contributed by atoms with Gasteiger partial charge in [-0.05, 0) is 39.0 Å². The minimum absolute atomic E-state index is 0.347. The van der Waals surface area contributed by atoms with Crippen molar-refractivity contribution in [1.82, 2.24) is 10.6 Å². The van der Waals surface area contributed by atoms with E-state index in [4.69, 9.17) is 5.73 Å². The predicted molar refractivity (Wildman–Crippen MR) is 80.6 cm³/mol. The highest BCUT2D eigenvalue weighted by atomic mass is 16.2. The van der Waals surface area contributed by atoms with Gasteiger partial charge >= 0.3 is 6.03 Å². The molecule has 0 aromatic heterocycles. The van der Waals surface area contributed by atoms with Crippen molar-refractivity contribution < 1.29 is 9.59 Å². The summed E-state index contributed by atoms with van der Waals surface area (Å²) in [6, 6.07) is 6.37. The van der Waals surface area contributed by atoms with Gasteiger partial charge in [-0.15, -0.1) is 0 Å². The molecule has 1 atom stereocenters. The van der Waals surface area contributed by atoms with Gasteiger partial charge in [0.25, 0.3) is 0 Å². The molecule has 0 radical (unpaired) electrons. The van der Waals surface area contributed by atoms with Gasteiger partial charge in [-0.2, -0.15) is 0 Å². The van der Waals surface area contributed by atoms with Gasteiger partial charge in [0.05, 0.1) is 0 Å². The summed E-state index contributed by atoms with van der Waals surface area (Å²) in [5, 5.41) is 4.85. The molecule has 0 saturated carbocycles. The lowest BCUT2D eigenvalue weighted by molar-refractivity contribution is -0.121. The normalized spacial score (nSPS) is 11.6. The van der Waals surface area contributed by atoms with Gasteiger partial charge in [-0.3, -0.25) is 10.1 Å². The van der Waals surface area contributed by atoms with Crippen LogP contribution in [-0.4, -0.2) is 31.1 Å². The molecule has 110 valence electrons. The van der Waals surface area contributed by atoms with Gasteiger partial charge in [0.2, 0.25) is 5.91 Å². The first-order valence-electron chi connectivity index (χ1n) is 6.70. The van der Waals surface area contributed by atoms with Crippen LogP contribution in [0.2, 0.25) is 0 Å². The Morgan fingerprint density at radius 1 is 1.35 bits per heavy atom. The maximum Gasteiger partial charge on any atom is 0.321 e. The van der Waals surface area contributed by atoms with Crippen molar-refractivity contribution in [3.05, 3.63) is 24.3 Å². The third-order valence-corrected chi connectivity index (χ3v) is 2.96. The Morgan fingerprint density at radius 2 is 2.05 bits per heavy atom. The maximum absolute atomic E-state index is 12.0. The molecule has 6 nitrogen and oxygen atoms in total. The number of nitrogen functional groups attached to an aromatic ring is 1. The van der Waals surface area contributed by atoms with Crippen LogP contribution in [0.15, 0.2) is 24.3 Å². The van der Waals surface area contributed by atoms with Crippen molar-refractivity contribution >= 4 is 23.3 Å². The fourth-order valence-electron chi connectivity index (χ4n) is 1.95. The molecule has 1 unspecified atom stereocenters. The fraction of sp³-hybridized carbons (Fsp3) is 0.429. The quantitative estimate of drug-likeness (QED) is 0.709. The summed E-state index contributed by atoms with van der Waals surface area (Å²) in [4.78, 5) is 25.3. The highest BCUT2D eigenvalue weighted by Gasteiger charge is 2.22. The number of carbonyl (C=O) groups excluding carboxylic acids is 2. The Bertz CT molecular complexity index is 476. The minimum atomic E-state index is -0.479. The van der Waals surface area contributed by atoms with Crippen molar-refractivity contribution in [1.29, 1.82) is 0 Å². The molecule has 1 aromatic rings. The van der Waals surface area contributed by atoms with E-state index in [0.29, 0.717) is 18.8 Å². The molecule has 0 aliphatic carbocycles. The lowest BCUT2D eigenvalue weighted by Crippen LogP contribution is -2.49. The van der Waals surface area contributed by atoms with Crippen LogP contribution in [0.3, 0.4) is 0 Å². The summed E-state index contributed by atoms with van der Waals surface area (Å²) in [7, 11) is 0. The van der Waals surface area contributed by atoms with E-state index in [2.05, 4.69) is 10.6 Å². The molecule has 3 amide bonds. The van der Waals surface area contributed by atoms with E-state index >= 15 is 0 Å². The molecule has 1 rings (SSSR count). The van der Waals surface area contributed by atoms with E-state index < -0.39 is 12.1 Å². The number of rotatable bonds is 5. The first-order chi connectivity index (χ1) is 9.49. The number of amides is 3. The lowest BCUT2D eigenvalue weighted by Gasteiger charge is -2.29. The summed E-state index contributed by atoms with van der Waals surface area (Å²) in [6.45, 7) is 6.59. The zero-order chi connectivity index (χ0) is 15.1. The predicted octanol–water partition coefficient (Wildman–Crippen LogP) is 1.33. The van der Waals surface area contributed by atoms with Crippen LogP contribution in [0.1, 0.15) is 20.8 Å². The van der Waals surface area contributed by atoms with Gasteiger partial charge in [0, 0.05) is 24.5 Å². The second kappa shape index (κ2) is 7.37. The first kappa shape index (κ1) is 15.8. The van der Waals surface area contributed by atoms with E-state index in [1.807, 2.05) is 24.0 Å². The molecule has 0 aliphatic heterocycles. The third-order valence-electron chi connectivity index (χ3n) is 2.96. The van der Waals surface area contributed by atoms with Gasteiger partial charge in [-0.1, -0.05) is 6.07 Å². The number of benzene rings is 1. The average molecular weight is 278 g/mol. The number of imide groups is 1. The second-order valence-electron chi connectivity index (χ2n) is 4.41. The Labute approximate surface area is 119 Å². The smallest absolute Gasteiger partial charge is 0.321 e. The molecule has 0 aliphatic rings. The molecule has 20 heavy (non-hydrogen) atoms. The van der Waals surface area contributed by atoms with E-state index in [9.17, 15) is 9.59 Å². The maximum atomic E-state index is 12.0. The van der Waals surface area contributed by atoms with Crippen LogP contribution >= 0.6 is 0 Å². The van der Waals surface area contributed by atoms with Gasteiger partial charge < -0.3 is 16.0 Å². The molecule has 0 saturated heterocycles. The Hall–Kier alpha value is -2.24. The molecule has 0 heterocycles. The fourth-order valence-corrected chi connectivity index (χ4v) is 1.95. The van der Waals surface area contributed by atoms with Crippen molar-refractivity contribution in [3.63, 3.8) is 0 Å². The molecular formula is C14H22N4O2. The third kappa shape index (κ3) is 4.15. The van der Waals surface area contributed by atoms with E-state index in [1.165, 1.54) is 0 Å². The largest absolute Gasteiger partial charge is 0.399 e. The lowest BCUT2D eigenvalue weighted by atomic mass is 10.2. The average Bonchev–Trinajstić information content (AvgIpc) is 2.39. The summed E-state index contributed by atoms with van der Waals surface area (Å²) in [6.07, 6.45) is 0. The molecule has 0 bridgehead atoms. The first-order valence-corrected chi connectivity index (χ1v) is 6.70. The Kier molecular flexibility index (Phi) is 5.83. The molecular weight excluding hydrogens is 256 g/mol. The number of anilines is 2. The van der Waals surface area contributed by atoms with Gasteiger partial charge in [-0.25, -0.2) is 4.79 Å². The van der Waals surface area contributed by atoms with Crippen molar-refractivity contribution in [2.75, 3.05) is 23.7 Å². The van der Waals surface area contributed by atoms with Crippen molar-refractivity contribution in [2.45, 2.75) is 26.8 Å². The van der Waals surface area contributed by atoms with Crippen LogP contribution in [0.4, 0.5) is 16.2 Å². The molecule has 1 aromatic carbocycles. The number of likely N-dealkylation sites (N-methyl/N-ethyl adjacent to an activating group) is 1. The molecule has 0 fully saturated rings. The van der Waals surface area contributed by atoms with Crippen LogP contribution < -0.4 is 21.3 Å². The summed E-state index contributed by atoms with van der Waals surface area (Å²) < 4.78 is 0. The van der Waals surface area contributed by atoms with Crippen LogP contribution in [0, 0.1) is 0 Å². The summed E-state index contributed by atoms with van der Waals surface area (Å²) in [5.74, 6) is -0.347. The van der Waals surface area contributed by atoms with Crippen LogP contribution in [0.5, 0.6) is 0 Å². The van der Waals surface area contributed by atoms with E-state index in [1.54, 1.807) is 26.0 Å². The highest BCUT2D eigenvalue weighted by molar-refractivity contribution is 5.98. The monoisotopic (exact) mass is 278 g/mol. The number of nitrogens with zero attached hydrogens (tertiary/aromatic N) is 1. The Morgan fingerprint density at radius 3 is 2.60 bits per heavy atom. The second-order valence-corrected chi connectivity index (χ2v) is 4.41. The Balaban J connectivity index is 2.79. The summed E-state index contributed by atoms with van der Waals surface area (Å²) in [5.41, 5.74) is 7.25. The molecule has 4 N–H and O–H groups in total. The van der Waals surface area contributed by atoms with Gasteiger partial charge in [0.1, 0.15) is 6.04 Å². The number of nitrogens with two attached hydrogens (primary N) is 1. The van der Waals surface area contributed by atoms with Gasteiger partial charge in [0.15, 0.2) is 0 Å². The molecule has 6 heteroatoms.